The van der Waals surface area contributed by atoms with Crippen LogP contribution in [0.25, 0.3) is 0 Å². The molecule has 0 amide bonds. The van der Waals surface area contributed by atoms with Gasteiger partial charge in [0.15, 0.2) is 0 Å². The molecule has 0 saturated heterocycles. The highest BCUT2D eigenvalue weighted by atomic mass is 32.2. The molecule has 6 nitrogen and oxygen atoms in total. The van der Waals surface area contributed by atoms with Gasteiger partial charge in [0.2, 0.25) is 0 Å². The first-order chi connectivity index (χ1) is 13.4. The van der Waals surface area contributed by atoms with E-state index < -0.39 is 10.1 Å². The molecule has 0 radical (unpaired) electrons. The summed E-state index contributed by atoms with van der Waals surface area (Å²) in [5.74, 6) is 0.205. The molecular formula is C21H29N3O3S. The minimum absolute atomic E-state index is 0.0429. The zero-order chi connectivity index (χ0) is 20.6. The van der Waals surface area contributed by atoms with Crippen molar-refractivity contribution < 1.29 is 12.6 Å². The standard InChI is InChI=1S/C21H29N3O3S/c1-5-24(6-2)23-22-20-16-17(3)12-13-21(20)28(25,26)27-15-14-18(4)19-10-8-7-9-11-19/h7-13,16,18H,5-6,14-15H2,1-4H3. The topological polar surface area (TPSA) is 71.3 Å². The summed E-state index contributed by atoms with van der Waals surface area (Å²) in [4.78, 5) is 0.0429. The number of rotatable bonds is 10. The molecule has 2 aromatic carbocycles. The van der Waals surface area contributed by atoms with Gasteiger partial charge < -0.3 is 0 Å². The van der Waals surface area contributed by atoms with Crippen molar-refractivity contribution >= 4 is 15.8 Å². The van der Waals surface area contributed by atoms with Crippen LogP contribution in [0.15, 0.2) is 63.8 Å². The molecule has 1 unspecified atom stereocenters. The van der Waals surface area contributed by atoms with Crippen molar-refractivity contribution in [2.45, 2.75) is 44.9 Å². The molecule has 152 valence electrons. The van der Waals surface area contributed by atoms with Crippen LogP contribution in [0.1, 0.15) is 44.2 Å². The van der Waals surface area contributed by atoms with Crippen LogP contribution in [-0.4, -0.2) is 33.1 Å². The van der Waals surface area contributed by atoms with Gasteiger partial charge in [-0.05, 0) is 56.4 Å². The summed E-state index contributed by atoms with van der Waals surface area (Å²) in [5, 5.41) is 10.0. The Hall–Kier alpha value is -2.25. The molecule has 0 aliphatic carbocycles. The Bertz CT molecular complexity index is 879. The molecule has 28 heavy (non-hydrogen) atoms. The van der Waals surface area contributed by atoms with E-state index in [2.05, 4.69) is 17.3 Å². The van der Waals surface area contributed by atoms with Crippen LogP contribution in [0.2, 0.25) is 0 Å². The van der Waals surface area contributed by atoms with Crippen LogP contribution >= 0.6 is 0 Å². The third kappa shape index (κ3) is 6.14. The normalized spacial score (nSPS) is 13.0. The van der Waals surface area contributed by atoms with Gasteiger partial charge in [-0.25, -0.2) is 0 Å². The third-order valence-electron chi connectivity index (χ3n) is 4.55. The summed E-state index contributed by atoms with van der Waals surface area (Å²) < 4.78 is 30.8. The lowest BCUT2D eigenvalue weighted by Crippen LogP contribution is -2.14. The largest absolute Gasteiger partial charge is 0.299 e. The van der Waals surface area contributed by atoms with Gasteiger partial charge >= 0.3 is 0 Å². The molecule has 0 N–H and O–H groups in total. The van der Waals surface area contributed by atoms with Crippen LogP contribution < -0.4 is 0 Å². The summed E-state index contributed by atoms with van der Waals surface area (Å²) in [6.45, 7) is 9.37. The van der Waals surface area contributed by atoms with Crippen molar-refractivity contribution in [3.63, 3.8) is 0 Å². The molecule has 0 saturated carbocycles. The molecule has 0 aliphatic heterocycles. The summed E-state index contributed by atoms with van der Waals surface area (Å²) in [7, 11) is -3.92. The fourth-order valence-electron chi connectivity index (χ4n) is 2.72. The molecule has 2 aromatic rings. The quantitative estimate of drug-likeness (QED) is 0.309. The Balaban J connectivity index is 2.12. The van der Waals surface area contributed by atoms with Crippen molar-refractivity contribution in [2.24, 2.45) is 10.3 Å². The summed E-state index contributed by atoms with van der Waals surface area (Å²) in [6.07, 6.45) is 0.603. The highest BCUT2D eigenvalue weighted by Crippen LogP contribution is 2.28. The van der Waals surface area contributed by atoms with E-state index in [1.165, 1.54) is 6.07 Å². The highest BCUT2D eigenvalue weighted by molar-refractivity contribution is 7.87. The van der Waals surface area contributed by atoms with E-state index in [9.17, 15) is 8.42 Å². The summed E-state index contributed by atoms with van der Waals surface area (Å²) in [6, 6.07) is 14.9. The fourth-order valence-corrected chi connectivity index (χ4v) is 3.76. The van der Waals surface area contributed by atoms with Crippen LogP contribution in [0.4, 0.5) is 5.69 Å². The van der Waals surface area contributed by atoms with Gasteiger partial charge in [0.1, 0.15) is 10.6 Å². The average molecular weight is 404 g/mol. The number of nitrogens with zero attached hydrogens (tertiary/aromatic N) is 3. The Morgan fingerprint density at radius 2 is 1.75 bits per heavy atom. The van der Waals surface area contributed by atoms with E-state index in [4.69, 9.17) is 4.18 Å². The van der Waals surface area contributed by atoms with Crippen molar-refractivity contribution in [3.8, 4) is 0 Å². The van der Waals surface area contributed by atoms with Crippen molar-refractivity contribution in [2.75, 3.05) is 19.7 Å². The predicted octanol–water partition coefficient (Wildman–Crippen LogP) is 5.23. The molecule has 2 rings (SSSR count). The average Bonchev–Trinajstić information content (AvgIpc) is 2.69. The SMILES string of the molecule is CCN(CC)N=Nc1cc(C)ccc1S(=O)(=O)OCCC(C)c1ccccc1. The number of benzene rings is 2. The highest BCUT2D eigenvalue weighted by Gasteiger charge is 2.21. The van der Waals surface area contributed by atoms with Gasteiger partial charge in [-0.2, -0.15) is 8.42 Å². The van der Waals surface area contributed by atoms with E-state index in [0.29, 0.717) is 25.2 Å². The van der Waals surface area contributed by atoms with E-state index in [0.717, 1.165) is 11.1 Å². The number of aryl methyl sites for hydroxylation is 1. The fraction of sp³-hybridized carbons (Fsp3) is 0.429. The molecule has 0 heterocycles. The minimum atomic E-state index is -3.92. The van der Waals surface area contributed by atoms with Gasteiger partial charge in [0.25, 0.3) is 10.1 Å². The maximum atomic E-state index is 12.7. The lowest BCUT2D eigenvalue weighted by Gasteiger charge is -2.14. The number of hydrogen-bond acceptors (Lipinski definition) is 5. The molecule has 0 fully saturated rings. The zero-order valence-electron chi connectivity index (χ0n) is 17.0. The lowest BCUT2D eigenvalue weighted by atomic mass is 9.99. The maximum absolute atomic E-state index is 12.7. The third-order valence-corrected chi connectivity index (χ3v) is 5.91. The first-order valence-corrected chi connectivity index (χ1v) is 11.0. The molecule has 0 aromatic heterocycles. The molecular weight excluding hydrogens is 374 g/mol. The van der Waals surface area contributed by atoms with Crippen LogP contribution in [0.3, 0.4) is 0 Å². The maximum Gasteiger partial charge on any atom is 0.299 e. The van der Waals surface area contributed by atoms with Gasteiger partial charge in [-0.3, -0.25) is 9.19 Å². The molecule has 0 aliphatic rings. The Labute approximate surface area is 168 Å². The second-order valence-electron chi connectivity index (χ2n) is 6.68. The van der Waals surface area contributed by atoms with Crippen molar-refractivity contribution in [3.05, 3.63) is 59.7 Å². The molecule has 7 heteroatoms. The molecule has 1 atom stereocenters. The second-order valence-corrected chi connectivity index (χ2v) is 8.26. The predicted molar refractivity (Wildman–Crippen MR) is 111 cm³/mol. The first-order valence-electron chi connectivity index (χ1n) is 9.59. The molecule has 0 bridgehead atoms. The molecule has 0 spiro atoms. The van der Waals surface area contributed by atoms with E-state index in [-0.39, 0.29) is 17.4 Å². The summed E-state index contributed by atoms with van der Waals surface area (Å²) >= 11 is 0. The van der Waals surface area contributed by atoms with Crippen molar-refractivity contribution in [1.29, 1.82) is 0 Å². The van der Waals surface area contributed by atoms with Gasteiger partial charge in [-0.15, -0.1) is 5.11 Å². The van der Waals surface area contributed by atoms with Crippen LogP contribution in [0, 0.1) is 6.92 Å². The zero-order valence-corrected chi connectivity index (χ0v) is 17.8. The second kappa shape index (κ2) is 10.3. The minimum Gasteiger partial charge on any atom is -0.279 e. The van der Waals surface area contributed by atoms with E-state index in [1.54, 1.807) is 17.1 Å². The van der Waals surface area contributed by atoms with E-state index >= 15 is 0 Å². The lowest BCUT2D eigenvalue weighted by molar-refractivity contribution is 0.298. The van der Waals surface area contributed by atoms with Crippen molar-refractivity contribution in [1.82, 2.24) is 5.01 Å². The smallest absolute Gasteiger partial charge is 0.279 e. The monoisotopic (exact) mass is 403 g/mol. The van der Waals surface area contributed by atoms with Crippen LogP contribution in [0.5, 0.6) is 0 Å². The van der Waals surface area contributed by atoms with Gasteiger partial charge in [-0.1, -0.05) is 48.5 Å². The van der Waals surface area contributed by atoms with Crippen LogP contribution in [-0.2, 0) is 14.3 Å². The van der Waals surface area contributed by atoms with Gasteiger partial charge in [0.05, 0.1) is 6.61 Å². The van der Waals surface area contributed by atoms with Gasteiger partial charge in [0, 0.05) is 13.1 Å². The number of hydrogen-bond donors (Lipinski definition) is 0. The first kappa shape index (κ1) is 22.0. The Morgan fingerprint density at radius 3 is 2.39 bits per heavy atom. The Morgan fingerprint density at radius 1 is 1.07 bits per heavy atom. The Kier molecular flexibility index (Phi) is 8.14. The summed E-state index contributed by atoms with van der Waals surface area (Å²) in [5.41, 5.74) is 2.36. The van der Waals surface area contributed by atoms with E-state index in [1.807, 2.05) is 51.1 Å².